The molecule has 0 saturated carbocycles. The van der Waals surface area contributed by atoms with Crippen LogP contribution in [0.15, 0.2) is 0 Å². The average molecular weight is 270 g/mol. The van der Waals surface area contributed by atoms with Crippen molar-refractivity contribution < 1.29 is 9.90 Å². The van der Waals surface area contributed by atoms with Gasteiger partial charge in [-0.15, -0.1) is 0 Å². The normalized spacial score (nSPS) is 31.6. The minimum atomic E-state index is -0.718. The van der Waals surface area contributed by atoms with E-state index in [0.717, 1.165) is 65.4 Å². The molecule has 0 aliphatic carbocycles. The molecule has 2 saturated heterocycles. The quantitative estimate of drug-likeness (QED) is 0.690. The van der Waals surface area contributed by atoms with Crippen LogP contribution in [0, 0.1) is 0 Å². The minimum absolute atomic E-state index is 0.168. The molecule has 110 valence electrons. The Labute approximate surface area is 115 Å². The third kappa shape index (κ3) is 5.06. The van der Waals surface area contributed by atoms with Crippen molar-refractivity contribution in [3.05, 3.63) is 0 Å². The highest BCUT2D eigenvalue weighted by molar-refractivity contribution is 5.69. The van der Waals surface area contributed by atoms with E-state index in [9.17, 15) is 4.79 Å². The zero-order valence-electron chi connectivity index (χ0n) is 11.9. The Kier molecular flexibility index (Phi) is 5.57. The van der Waals surface area contributed by atoms with Gasteiger partial charge in [0, 0.05) is 65.4 Å². The summed E-state index contributed by atoms with van der Waals surface area (Å²) in [5.41, 5.74) is 0. The Morgan fingerprint density at radius 1 is 0.842 bits per heavy atom. The third-order valence-corrected chi connectivity index (χ3v) is 4.15. The average Bonchev–Trinajstić information content (AvgIpc) is 2.50. The van der Waals surface area contributed by atoms with E-state index < -0.39 is 5.97 Å². The first-order valence-electron chi connectivity index (χ1n) is 7.21. The fourth-order valence-electron chi connectivity index (χ4n) is 2.72. The topological polar surface area (TPSA) is 50.3 Å². The number of fused-ring (bicyclic) bond motifs is 3. The van der Waals surface area contributed by atoms with E-state index in [4.69, 9.17) is 5.11 Å². The van der Waals surface area contributed by atoms with Crippen LogP contribution in [-0.4, -0.2) is 110 Å². The van der Waals surface area contributed by atoms with E-state index in [1.165, 1.54) is 0 Å². The summed E-state index contributed by atoms with van der Waals surface area (Å²) >= 11 is 0. The van der Waals surface area contributed by atoms with Gasteiger partial charge in [0.25, 0.3) is 0 Å². The molecule has 2 aliphatic rings. The van der Waals surface area contributed by atoms with Crippen molar-refractivity contribution in [2.24, 2.45) is 0 Å². The molecule has 6 nitrogen and oxygen atoms in total. The molecule has 0 aromatic rings. The molecule has 2 unspecified atom stereocenters. The van der Waals surface area contributed by atoms with Crippen LogP contribution in [0.1, 0.15) is 0 Å². The van der Waals surface area contributed by atoms with Crippen LogP contribution in [0.3, 0.4) is 0 Å². The highest BCUT2D eigenvalue weighted by Gasteiger charge is 2.19. The number of carboxylic acid groups (broad SMARTS) is 1. The van der Waals surface area contributed by atoms with E-state index >= 15 is 0 Å². The summed E-state index contributed by atoms with van der Waals surface area (Å²) in [5.74, 6) is -0.718. The van der Waals surface area contributed by atoms with Crippen LogP contribution < -0.4 is 0 Å². The predicted molar refractivity (Wildman–Crippen MR) is 74.5 cm³/mol. The monoisotopic (exact) mass is 270 g/mol. The number of nitrogens with zero attached hydrogens (tertiary/aromatic N) is 4. The van der Waals surface area contributed by atoms with E-state index in [1.54, 1.807) is 0 Å². The molecule has 2 bridgehead atoms. The molecule has 1 N–H and O–H groups in total. The molecule has 0 aromatic carbocycles. The number of hydrogen-bond acceptors (Lipinski definition) is 5. The van der Waals surface area contributed by atoms with Crippen LogP contribution in [0.4, 0.5) is 0 Å². The highest BCUT2D eigenvalue weighted by atomic mass is 16.4. The molecule has 0 amide bonds. The first-order chi connectivity index (χ1) is 9.13. The number of rotatable bonds is 2. The summed E-state index contributed by atoms with van der Waals surface area (Å²) in [6.45, 7) is 10.5. The van der Waals surface area contributed by atoms with Gasteiger partial charge in [0.2, 0.25) is 0 Å². The maximum atomic E-state index is 10.9. The van der Waals surface area contributed by atoms with Crippen LogP contribution in [-0.2, 0) is 4.79 Å². The fraction of sp³-hybridized carbons (Fsp3) is 0.923. The lowest BCUT2D eigenvalue weighted by atomic mass is 10.3. The standard InChI is InChI=1S/C13H26N4O2/c1-14-2-4-15-6-7-16(5-3-14)9-11-17(10-8-15)12-13(18)19/h2-12H2,1H3,(H,18,19). The molecule has 0 aromatic heterocycles. The highest BCUT2D eigenvalue weighted by Crippen LogP contribution is 2.03. The van der Waals surface area contributed by atoms with Crippen molar-refractivity contribution in [2.75, 3.05) is 79.0 Å². The number of carboxylic acids is 1. The molecule has 2 atom stereocenters. The van der Waals surface area contributed by atoms with Gasteiger partial charge in [0.05, 0.1) is 6.54 Å². The Morgan fingerprint density at radius 3 is 1.74 bits per heavy atom. The number of aliphatic carboxylic acids is 1. The van der Waals surface area contributed by atoms with Crippen molar-refractivity contribution in [3.8, 4) is 0 Å². The van der Waals surface area contributed by atoms with Gasteiger partial charge in [-0.2, -0.15) is 0 Å². The van der Waals surface area contributed by atoms with Crippen LogP contribution in [0.2, 0.25) is 0 Å². The first-order valence-corrected chi connectivity index (χ1v) is 7.21. The van der Waals surface area contributed by atoms with E-state index in [0.29, 0.717) is 0 Å². The summed E-state index contributed by atoms with van der Waals surface area (Å²) < 4.78 is 0. The van der Waals surface area contributed by atoms with Crippen molar-refractivity contribution in [1.82, 2.24) is 19.6 Å². The van der Waals surface area contributed by atoms with E-state index in [1.807, 2.05) is 0 Å². The van der Waals surface area contributed by atoms with Gasteiger partial charge in [-0.1, -0.05) is 0 Å². The largest absolute Gasteiger partial charge is 0.480 e. The molecule has 0 radical (unpaired) electrons. The molecular formula is C13H26N4O2. The third-order valence-electron chi connectivity index (χ3n) is 4.15. The molecule has 2 fully saturated rings. The maximum absolute atomic E-state index is 10.9. The Bertz CT molecular complexity index is 280. The van der Waals surface area contributed by atoms with Crippen LogP contribution in [0.25, 0.3) is 0 Å². The van der Waals surface area contributed by atoms with E-state index in [2.05, 4.69) is 26.6 Å². The summed E-state index contributed by atoms with van der Waals surface area (Å²) in [5, 5.41) is 8.96. The lowest BCUT2D eigenvalue weighted by Crippen LogP contribution is -2.42. The Balaban J connectivity index is 1.98. The molecular weight excluding hydrogens is 244 g/mol. The van der Waals surface area contributed by atoms with Gasteiger partial charge in [0.1, 0.15) is 0 Å². The lowest BCUT2D eigenvalue weighted by Gasteiger charge is -2.27. The lowest BCUT2D eigenvalue weighted by molar-refractivity contribution is -0.138. The van der Waals surface area contributed by atoms with Crippen LogP contribution in [0.5, 0.6) is 0 Å². The first kappa shape index (κ1) is 14.7. The predicted octanol–water partition coefficient (Wildman–Crippen LogP) is -1.06. The van der Waals surface area contributed by atoms with E-state index in [-0.39, 0.29) is 6.54 Å². The molecule has 6 heteroatoms. The number of carbonyl (C=O) groups is 1. The van der Waals surface area contributed by atoms with Crippen molar-refractivity contribution in [3.63, 3.8) is 0 Å². The van der Waals surface area contributed by atoms with Crippen LogP contribution >= 0.6 is 0 Å². The Morgan fingerprint density at radius 2 is 1.26 bits per heavy atom. The zero-order chi connectivity index (χ0) is 13.7. The van der Waals surface area contributed by atoms with Gasteiger partial charge < -0.3 is 10.0 Å². The molecule has 2 heterocycles. The molecule has 0 spiro atoms. The van der Waals surface area contributed by atoms with Crippen molar-refractivity contribution in [2.45, 2.75) is 0 Å². The molecule has 2 rings (SSSR count). The zero-order valence-corrected chi connectivity index (χ0v) is 11.9. The number of hydrogen-bond donors (Lipinski definition) is 1. The summed E-state index contributed by atoms with van der Waals surface area (Å²) in [4.78, 5) is 20.3. The maximum Gasteiger partial charge on any atom is 0.317 e. The fourth-order valence-corrected chi connectivity index (χ4v) is 2.72. The van der Waals surface area contributed by atoms with Gasteiger partial charge in [-0.05, 0) is 7.05 Å². The summed E-state index contributed by atoms with van der Waals surface area (Å²) in [6, 6.07) is 0. The number of likely N-dealkylation sites (N-methyl/N-ethyl adjacent to an activating group) is 1. The van der Waals surface area contributed by atoms with Crippen molar-refractivity contribution >= 4 is 5.97 Å². The van der Waals surface area contributed by atoms with Gasteiger partial charge in [-0.3, -0.25) is 19.5 Å². The smallest absolute Gasteiger partial charge is 0.317 e. The van der Waals surface area contributed by atoms with Gasteiger partial charge in [0.15, 0.2) is 0 Å². The second-order valence-electron chi connectivity index (χ2n) is 5.66. The Hall–Kier alpha value is -0.690. The SMILES string of the molecule is CN1CCN2CCN(CC1)CCN(CC(=O)O)CC2. The van der Waals surface area contributed by atoms with Gasteiger partial charge in [-0.25, -0.2) is 0 Å². The summed E-state index contributed by atoms with van der Waals surface area (Å²) in [7, 11) is 2.18. The summed E-state index contributed by atoms with van der Waals surface area (Å²) in [6.07, 6.45) is 0. The van der Waals surface area contributed by atoms with Gasteiger partial charge >= 0.3 is 5.97 Å². The second-order valence-corrected chi connectivity index (χ2v) is 5.66. The molecule has 2 aliphatic heterocycles. The molecule has 19 heavy (non-hydrogen) atoms. The second kappa shape index (κ2) is 7.19. The van der Waals surface area contributed by atoms with Crippen molar-refractivity contribution in [1.29, 1.82) is 0 Å². The minimum Gasteiger partial charge on any atom is -0.480 e.